The first-order valence-corrected chi connectivity index (χ1v) is 10.8. The van der Waals surface area contributed by atoms with Crippen LogP contribution in [0.4, 0.5) is 0 Å². The Kier molecular flexibility index (Phi) is 8.40. The van der Waals surface area contributed by atoms with Gasteiger partial charge in [0, 0.05) is 26.2 Å². The SMILES string of the molecule is COCC(C)NC(=O)COC(=O)c1cccc(S(=O)(=O)N2CCCCCC2)c1. The van der Waals surface area contributed by atoms with Crippen molar-refractivity contribution in [2.24, 2.45) is 0 Å². The molecule has 1 amide bonds. The number of carbonyl (C=O) groups is 2. The van der Waals surface area contributed by atoms with Crippen LogP contribution >= 0.6 is 0 Å². The van der Waals surface area contributed by atoms with Crippen molar-refractivity contribution in [3.05, 3.63) is 29.8 Å². The van der Waals surface area contributed by atoms with E-state index in [9.17, 15) is 18.0 Å². The van der Waals surface area contributed by atoms with E-state index >= 15 is 0 Å². The molecule has 1 aliphatic rings. The van der Waals surface area contributed by atoms with Crippen LogP contribution in [0.1, 0.15) is 43.0 Å². The number of nitrogens with zero attached hydrogens (tertiary/aromatic N) is 1. The third kappa shape index (κ3) is 6.29. The van der Waals surface area contributed by atoms with E-state index in [0.717, 1.165) is 25.7 Å². The minimum Gasteiger partial charge on any atom is -0.452 e. The van der Waals surface area contributed by atoms with Crippen molar-refractivity contribution in [2.75, 3.05) is 33.4 Å². The maximum atomic E-state index is 12.9. The highest BCUT2D eigenvalue weighted by molar-refractivity contribution is 7.89. The first-order chi connectivity index (χ1) is 13.3. The van der Waals surface area contributed by atoms with Gasteiger partial charge in [-0.1, -0.05) is 18.9 Å². The van der Waals surface area contributed by atoms with Crippen molar-refractivity contribution < 1.29 is 27.5 Å². The van der Waals surface area contributed by atoms with Gasteiger partial charge < -0.3 is 14.8 Å². The molecular weight excluding hydrogens is 384 g/mol. The van der Waals surface area contributed by atoms with Crippen molar-refractivity contribution in [3.8, 4) is 0 Å². The molecule has 1 atom stereocenters. The number of nitrogens with one attached hydrogen (secondary N) is 1. The lowest BCUT2D eigenvalue weighted by molar-refractivity contribution is -0.125. The highest BCUT2D eigenvalue weighted by Crippen LogP contribution is 2.21. The summed E-state index contributed by atoms with van der Waals surface area (Å²) in [7, 11) is -2.14. The minimum atomic E-state index is -3.66. The molecule has 8 nitrogen and oxygen atoms in total. The number of ether oxygens (including phenoxy) is 2. The Morgan fingerprint density at radius 3 is 2.50 bits per heavy atom. The Morgan fingerprint density at radius 2 is 1.86 bits per heavy atom. The van der Waals surface area contributed by atoms with Crippen LogP contribution in [0.25, 0.3) is 0 Å². The predicted molar refractivity (Wildman–Crippen MR) is 103 cm³/mol. The monoisotopic (exact) mass is 412 g/mol. The molecule has 28 heavy (non-hydrogen) atoms. The molecule has 9 heteroatoms. The highest BCUT2D eigenvalue weighted by atomic mass is 32.2. The van der Waals surface area contributed by atoms with Gasteiger partial charge in [0.15, 0.2) is 6.61 Å². The molecule has 1 heterocycles. The average molecular weight is 413 g/mol. The summed E-state index contributed by atoms with van der Waals surface area (Å²) in [4.78, 5) is 24.1. The van der Waals surface area contributed by atoms with Crippen LogP contribution in [-0.4, -0.2) is 64.1 Å². The topological polar surface area (TPSA) is 102 Å². The van der Waals surface area contributed by atoms with E-state index in [0.29, 0.717) is 19.7 Å². The molecule has 1 unspecified atom stereocenters. The fourth-order valence-electron chi connectivity index (χ4n) is 3.04. The fraction of sp³-hybridized carbons (Fsp3) is 0.579. The van der Waals surface area contributed by atoms with Crippen molar-refractivity contribution in [2.45, 2.75) is 43.5 Å². The zero-order valence-electron chi connectivity index (χ0n) is 16.3. The number of amides is 1. The minimum absolute atomic E-state index is 0.0574. The number of hydrogen-bond donors (Lipinski definition) is 1. The molecular formula is C19H28N2O6S. The van der Waals surface area contributed by atoms with Crippen molar-refractivity contribution in [1.82, 2.24) is 9.62 Å². The Bertz CT molecular complexity index is 772. The van der Waals surface area contributed by atoms with E-state index in [1.165, 1.54) is 35.7 Å². The van der Waals surface area contributed by atoms with Crippen LogP contribution in [0.15, 0.2) is 29.2 Å². The van der Waals surface area contributed by atoms with Crippen LogP contribution < -0.4 is 5.32 Å². The first kappa shape index (κ1) is 22.3. The summed E-state index contributed by atoms with van der Waals surface area (Å²) in [5, 5.41) is 2.63. The summed E-state index contributed by atoms with van der Waals surface area (Å²) in [5.41, 5.74) is 0.0913. The van der Waals surface area contributed by atoms with Crippen molar-refractivity contribution >= 4 is 21.9 Å². The smallest absolute Gasteiger partial charge is 0.338 e. The Hall–Kier alpha value is -1.97. The molecule has 1 N–H and O–H groups in total. The number of rotatable bonds is 8. The lowest BCUT2D eigenvalue weighted by atomic mass is 10.2. The van der Waals surface area contributed by atoms with Crippen LogP contribution in [0, 0.1) is 0 Å². The standard InChI is InChI=1S/C19H28N2O6S/c1-15(13-26-2)20-18(22)14-27-19(23)16-8-7-9-17(12-16)28(24,25)21-10-5-3-4-6-11-21/h7-9,12,15H,3-6,10-11,13-14H2,1-2H3,(H,20,22). The van der Waals surface area contributed by atoms with Gasteiger partial charge in [0.2, 0.25) is 10.0 Å². The number of methoxy groups -OCH3 is 1. The van der Waals surface area contributed by atoms with Gasteiger partial charge in [-0.3, -0.25) is 4.79 Å². The van der Waals surface area contributed by atoms with Gasteiger partial charge in [-0.2, -0.15) is 4.31 Å². The molecule has 0 radical (unpaired) electrons. The molecule has 2 rings (SSSR count). The number of esters is 1. The second kappa shape index (κ2) is 10.5. The van der Waals surface area contributed by atoms with Gasteiger partial charge in [0.1, 0.15) is 0 Å². The quantitative estimate of drug-likeness (QED) is 0.650. The molecule has 1 fully saturated rings. The largest absolute Gasteiger partial charge is 0.452 e. The molecule has 0 aromatic heterocycles. The van der Waals surface area contributed by atoms with Gasteiger partial charge in [-0.05, 0) is 38.0 Å². The maximum absolute atomic E-state index is 12.9. The Labute approximate surface area is 166 Å². The molecule has 0 spiro atoms. The lowest BCUT2D eigenvalue weighted by Crippen LogP contribution is -2.38. The van der Waals surface area contributed by atoms with Crippen LogP contribution in [-0.2, 0) is 24.3 Å². The maximum Gasteiger partial charge on any atom is 0.338 e. The fourth-order valence-corrected chi connectivity index (χ4v) is 4.60. The van der Waals surface area contributed by atoms with E-state index in [2.05, 4.69) is 5.32 Å². The molecule has 1 saturated heterocycles. The zero-order valence-corrected chi connectivity index (χ0v) is 17.2. The van der Waals surface area contributed by atoms with Crippen molar-refractivity contribution in [1.29, 1.82) is 0 Å². The summed E-state index contributed by atoms with van der Waals surface area (Å²) >= 11 is 0. The zero-order chi connectivity index (χ0) is 20.6. The molecule has 156 valence electrons. The van der Waals surface area contributed by atoms with Gasteiger partial charge in [-0.25, -0.2) is 13.2 Å². The molecule has 1 aromatic rings. The molecule has 0 saturated carbocycles. The highest BCUT2D eigenvalue weighted by Gasteiger charge is 2.26. The number of carbonyl (C=O) groups excluding carboxylic acids is 2. The second-order valence-electron chi connectivity index (χ2n) is 6.85. The Balaban J connectivity index is 2.01. The van der Waals surface area contributed by atoms with E-state index in [1.54, 1.807) is 6.92 Å². The molecule has 0 aliphatic carbocycles. The molecule has 0 bridgehead atoms. The summed E-state index contributed by atoms with van der Waals surface area (Å²) in [6.45, 7) is 2.63. The van der Waals surface area contributed by atoms with Gasteiger partial charge in [-0.15, -0.1) is 0 Å². The van der Waals surface area contributed by atoms with Crippen molar-refractivity contribution in [3.63, 3.8) is 0 Å². The van der Waals surface area contributed by atoms with E-state index in [4.69, 9.17) is 9.47 Å². The van der Waals surface area contributed by atoms with Gasteiger partial charge in [0.25, 0.3) is 5.91 Å². The van der Waals surface area contributed by atoms with Crippen LogP contribution in [0.2, 0.25) is 0 Å². The van der Waals surface area contributed by atoms with Gasteiger partial charge in [0.05, 0.1) is 17.1 Å². The number of benzene rings is 1. The molecule has 1 aromatic carbocycles. The summed E-state index contributed by atoms with van der Waals surface area (Å²) < 4.78 is 37.1. The van der Waals surface area contributed by atoms with Crippen LogP contribution in [0.3, 0.4) is 0 Å². The molecule has 1 aliphatic heterocycles. The third-order valence-corrected chi connectivity index (χ3v) is 6.33. The number of sulfonamides is 1. The van der Waals surface area contributed by atoms with Gasteiger partial charge >= 0.3 is 5.97 Å². The van der Waals surface area contributed by atoms with E-state index in [-0.39, 0.29) is 16.5 Å². The average Bonchev–Trinajstić information content (AvgIpc) is 2.96. The summed E-state index contributed by atoms with van der Waals surface area (Å²) in [6.07, 6.45) is 3.70. The lowest BCUT2D eigenvalue weighted by Gasteiger charge is -2.20. The van der Waals surface area contributed by atoms with Crippen LogP contribution in [0.5, 0.6) is 0 Å². The predicted octanol–water partition coefficient (Wildman–Crippen LogP) is 1.56. The summed E-state index contributed by atoms with van der Waals surface area (Å²) in [6, 6.07) is 5.53. The Morgan fingerprint density at radius 1 is 1.18 bits per heavy atom. The van der Waals surface area contributed by atoms with E-state index in [1.807, 2.05) is 0 Å². The van der Waals surface area contributed by atoms with E-state index < -0.39 is 28.5 Å². The third-order valence-electron chi connectivity index (χ3n) is 4.43. The normalized spacial score (nSPS) is 16.8. The first-order valence-electron chi connectivity index (χ1n) is 9.40. The second-order valence-corrected chi connectivity index (χ2v) is 8.78. The summed E-state index contributed by atoms with van der Waals surface area (Å²) in [5.74, 6) is -1.20. The number of hydrogen-bond acceptors (Lipinski definition) is 6.